The lowest BCUT2D eigenvalue weighted by Crippen LogP contribution is -2.29. The largest absolute Gasteiger partial charge is 0.158 e. The predicted octanol–water partition coefficient (Wildman–Crippen LogP) is 3.32. The van der Waals surface area contributed by atoms with Gasteiger partial charge in [0, 0.05) is 5.25 Å². The number of hydrogen-bond donors (Lipinski definition) is 0. The van der Waals surface area contributed by atoms with Crippen molar-refractivity contribution in [3.63, 3.8) is 0 Å². The van der Waals surface area contributed by atoms with Crippen LogP contribution < -0.4 is 0 Å². The van der Waals surface area contributed by atoms with E-state index in [1.165, 1.54) is 37.9 Å². The van der Waals surface area contributed by atoms with Gasteiger partial charge in [0.1, 0.15) is 0 Å². The predicted molar refractivity (Wildman–Crippen MR) is 52.0 cm³/mol. The van der Waals surface area contributed by atoms with Crippen LogP contribution in [-0.4, -0.2) is 11.0 Å². The first-order valence-corrected chi connectivity index (χ1v) is 6.03. The lowest BCUT2D eigenvalue weighted by atomic mass is 9.83. The first-order valence-electron chi connectivity index (χ1n) is 4.98. The van der Waals surface area contributed by atoms with Crippen LogP contribution in [-0.2, 0) is 0 Å². The third-order valence-electron chi connectivity index (χ3n) is 3.14. The van der Waals surface area contributed by atoms with Gasteiger partial charge in [0.25, 0.3) is 0 Å². The molecule has 0 bridgehead atoms. The van der Waals surface area contributed by atoms with Crippen molar-refractivity contribution in [1.29, 1.82) is 0 Å². The average Bonchev–Trinajstić information content (AvgIpc) is 2.04. The van der Waals surface area contributed by atoms with Gasteiger partial charge in [-0.15, -0.1) is 0 Å². The Balaban J connectivity index is 1.93. The molecular weight excluding hydrogens is 152 g/mol. The number of thioether (sulfide) groups is 1. The van der Waals surface area contributed by atoms with Crippen LogP contribution in [0.15, 0.2) is 0 Å². The van der Waals surface area contributed by atoms with E-state index in [0.29, 0.717) is 0 Å². The fraction of sp³-hybridized carbons (Fsp3) is 1.00. The second-order valence-electron chi connectivity index (χ2n) is 4.26. The Kier molecular flexibility index (Phi) is 2.45. The van der Waals surface area contributed by atoms with Gasteiger partial charge in [-0.3, -0.25) is 0 Å². The molecule has 11 heavy (non-hydrogen) atoms. The summed E-state index contributed by atoms with van der Waals surface area (Å²) in [5, 5.41) is 1.06. The van der Waals surface area contributed by atoms with Crippen LogP contribution in [0.4, 0.5) is 0 Å². The SMILES string of the molecule is C[C@@H]1CS[C@@H]2CCCC[C@@H]2C1. The van der Waals surface area contributed by atoms with Crippen LogP contribution in [0.2, 0.25) is 0 Å². The summed E-state index contributed by atoms with van der Waals surface area (Å²) in [7, 11) is 0. The molecule has 0 amide bonds. The lowest BCUT2D eigenvalue weighted by molar-refractivity contribution is 0.304. The summed E-state index contributed by atoms with van der Waals surface area (Å²) in [6.07, 6.45) is 7.58. The topological polar surface area (TPSA) is 0 Å². The molecular formula is C10H18S. The minimum atomic E-state index is 0.999. The van der Waals surface area contributed by atoms with Gasteiger partial charge in [-0.25, -0.2) is 0 Å². The number of fused-ring (bicyclic) bond motifs is 1. The van der Waals surface area contributed by atoms with Gasteiger partial charge in [0.05, 0.1) is 0 Å². The molecule has 2 rings (SSSR count). The van der Waals surface area contributed by atoms with Crippen LogP contribution in [0.3, 0.4) is 0 Å². The molecule has 2 aliphatic rings. The van der Waals surface area contributed by atoms with Crippen molar-refractivity contribution in [3.8, 4) is 0 Å². The summed E-state index contributed by atoms with van der Waals surface area (Å²) >= 11 is 2.26. The standard InChI is InChI=1S/C10H18S/c1-8-6-9-4-2-3-5-10(9)11-7-8/h8-10H,2-7H2,1H3/t8-,9+,10+/m0/s1. The van der Waals surface area contributed by atoms with E-state index < -0.39 is 0 Å². The maximum Gasteiger partial charge on any atom is 0.00755 e. The molecule has 3 atom stereocenters. The maximum atomic E-state index is 2.41. The molecule has 1 heteroatoms. The Morgan fingerprint density at radius 1 is 1.18 bits per heavy atom. The van der Waals surface area contributed by atoms with Gasteiger partial charge >= 0.3 is 0 Å². The summed E-state index contributed by atoms with van der Waals surface area (Å²) in [5.74, 6) is 3.53. The number of rotatable bonds is 0. The first-order chi connectivity index (χ1) is 5.36. The molecule has 0 radical (unpaired) electrons. The van der Waals surface area contributed by atoms with Gasteiger partial charge in [-0.1, -0.05) is 19.8 Å². The van der Waals surface area contributed by atoms with Crippen molar-refractivity contribution in [2.45, 2.75) is 44.3 Å². The molecule has 0 nitrogen and oxygen atoms in total. The minimum Gasteiger partial charge on any atom is -0.158 e. The van der Waals surface area contributed by atoms with E-state index >= 15 is 0 Å². The Morgan fingerprint density at radius 3 is 2.91 bits per heavy atom. The van der Waals surface area contributed by atoms with Crippen molar-refractivity contribution >= 4 is 11.8 Å². The van der Waals surface area contributed by atoms with Gasteiger partial charge in [-0.2, -0.15) is 11.8 Å². The van der Waals surface area contributed by atoms with Crippen molar-refractivity contribution in [1.82, 2.24) is 0 Å². The van der Waals surface area contributed by atoms with E-state index in [1.54, 1.807) is 0 Å². The quantitative estimate of drug-likeness (QED) is 0.537. The lowest BCUT2D eigenvalue weighted by Gasteiger charge is -2.37. The van der Waals surface area contributed by atoms with E-state index in [0.717, 1.165) is 17.1 Å². The summed E-state index contributed by atoms with van der Waals surface area (Å²) in [6.45, 7) is 2.41. The highest BCUT2D eigenvalue weighted by molar-refractivity contribution is 7.99. The third kappa shape index (κ3) is 1.74. The minimum absolute atomic E-state index is 0.999. The van der Waals surface area contributed by atoms with Gasteiger partial charge in [0.2, 0.25) is 0 Å². The molecule has 1 saturated carbocycles. The highest BCUT2D eigenvalue weighted by Gasteiger charge is 2.30. The smallest absolute Gasteiger partial charge is 0.00755 e. The van der Waals surface area contributed by atoms with E-state index in [-0.39, 0.29) is 0 Å². The second-order valence-corrected chi connectivity index (χ2v) is 5.53. The molecule has 64 valence electrons. The molecule has 0 spiro atoms. The van der Waals surface area contributed by atoms with Crippen molar-refractivity contribution in [2.75, 3.05) is 5.75 Å². The van der Waals surface area contributed by atoms with Crippen LogP contribution in [0.25, 0.3) is 0 Å². The highest BCUT2D eigenvalue weighted by atomic mass is 32.2. The summed E-state index contributed by atoms with van der Waals surface area (Å²) in [4.78, 5) is 0. The summed E-state index contributed by atoms with van der Waals surface area (Å²) < 4.78 is 0. The highest BCUT2D eigenvalue weighted by Crippen LogP contribution is 2.42. The fourth-order valence-corrected chi connectivity index (χ4v) is 4.10. The zero-order valence-electron chi connectivity index (χ0n) is 7.38. The third-order valence-corrected chi connectivity index (χ3v) is 4.95. The Labute approximate surface area is 74.1 Å². The van der Waals surface area contributed by atoms with Gasteiger partial charge < -0.3 is 0 Å². The zero-order valence-corrected chi connectivity index (χ0v) is 8.20. The van der Waals surface area contributed by atoms with Gasteiger partial charge in [-0.05, 0) is 36.9 Å². The molecule has 0 N–H and O–H groups in total. The van der Waals surface area contributed by atoms with Crippen LogP contribution in [0.5, 0.6) is 0 Å². The van der Waals surface area contributed by atoms with Gasteiger partial charge in [0.15, 0.2) is 0 Å². The molecule has 0 aromatic rings. The van der Waals surface area contributed by atoms with Crippen LogP contribution in [0.1, 0.15) is 39.0 Å². The molecule has 0 unspecified atom stereocenters. The molecule has 2 fully saturated rings. The average molecular weight is 170 g/mol. The fourth-order valence-electron chi connectivity index (χ4n) is 2.54. The number of hydrogen-bond acceptors (Lipinski definition) is 1. The van der Waals surface area contributed by atoms with Crippen molar-refractivity contribution < 1.29 is 0 Å². The second kappa shape index (κ2) is 3.38. The van der Waals surface area contributed by atoms with Crippen LogP contribution >= 0.6 is 11.8 Å². The summed E-state index contributed by atoms with van der Waals surface area (Å²) in [6, 6.07) is 0. The maximum absolute atomic E-state index is 2.41. The van der Waals surface area contributed by atoms with Crippen molar-refractivity contribution in [3.05, 3.63) is 0 Å². The first kappa shape index (κ1) is 7.97. The Hall–Kier alpha value is 0.350. The molecule has 1 aliphatic carbocycles. The Bertz CT molecular complexity index is 133. The zero-order chi connectivity index (χ0) is 7.68. The normalized spacial score (nSPS) is 45.0. The Morgan fingerprint density at radius 2 is 2.00 bits per heavy atom. The molecule has 1 aliphatic heterocycles. The van der Waals surface area contributed by atoms with E-state index in [4.69, 9.17) is 0 Å². The van der Waals surface area contributed by atoms with Crippen molar-refractivity contribution in [2.24, 2.45) is 11.8 Å². The summed E-state index contributed by atoms with van der Waals surface area (Å²) in [5.41, 5.74) is 0. The molecule has 0 aromatic heterocycles. The van der Waals surface area contributed by atoms with E-state index in [9.17, 15) is 0 Å². The van der Waals surface area contributed by atoms with E-state index in [1.807, 2.05) is 0 Å². The molecule has 1 heterocycles. The van der Waals surface area contributed by atoms with E-state index in [2.05, 4.69) is 18.7 Å². The van der Waals surface area contributed by atoms with Crippen LogP contribution in [0, 0.1) is 11.8 Å². The monoisotopic (exact) mass is 170 g/mol. The molecule has 1 saturated heterocycles. The molecule has 0 aromatic carbocycles.